The first-order valence-corrected chi connectivity index (χ1v) is 3.36. The Bertz CT molecular complexity index is 129. The van der Waals surface area contributed by atoms with Crippen molar-refractivity contribution >= 4 is 16.8 Å². The number of halogens is 1. The Morgan fingerprint density at radius 1 is 1.38 bits per heavy atom. The molecule has 0 saturated heterocycles. The maximum atomic E-state index is 10.4. The van der Waals surface area contributed by atoms with Crippen molar-refractivity contribution in [2.45, 2.75) is 12.8 Å². The molecule has 0 N–H and O–H groups in total. The summed E-state index contributed by atoms with van der Waals surface area (Å²) in [5, 5.41) is -0.0995. The Hall–Kier alpha value is -0.0400. The molecular formula is C6H7ClO. The van der Waals surface area contributed by atoms with Crippen LogP contribution in [0.1, 0.15) is 12.8 Å². The van der Waals surface area contributed by atoms with E-state index in [1.165, 1.54) is 12.8 Å². The number of hydrogen-bond acceptors (Lipinski definition) is 1. The third-order valence-electron chi connectivity index (χ3n) is 2.49. The van der Waals surface area contributed by atoms with Gasteiger partial charge in [0.2, 0.25) is 5.24 Å². The Labute approximate surface area is 53.0 Å². The summed E-state index contributed by atoms with van der Waals surface area (Å²) >= 11 is 5.27. The predicted octanol–water partition coefficient (Wildman–Crippen LogP) is 1.41. The summed E-state index contributed by atoms with van der Waals surface area (Å²) in [5.74, 6) is 1.65. The van der Waals surface area contributed by atoms with Gasteiger partial charge < -0.3 is 0 Å². The lowest BCUT2D eigenvalue weighted by Gasteiger charge is -2.56. The van der Waals surface area contributed by atoms with E-state index in [0.717, 1.165) is 0 Å². The topological polar surface area (TPSA) is 17.1 Å². The van der Waals surface area contributed by atoms with Crippen LogP contribution in [-0.4, -0.2) is 5.24 Å². The first-order chi connectivity index (χ1) is 3.79. The molecular weight excluding hydrogens is 124 g/mol. The Morgan fingerprint density at radius 3 is 1.88 bits per heavy atom. The molecule has 0 amide bonds. The molecule has 2 heteroatoms. The second kappa shape index (κ2) is 1.27. The molecule has 3 saturated carbocycles. The zero-order valence-electron chi connectivity index (χ0n) is 4.43. The minimum atomic E-state index is -0.0995. The molecule has 3 fully saturated rings. The molecule has 0 aliphatic heterocycles. The highest BCUT2D eigenvalue weighted by Gasteiger charge is 2.55. The summed E-state index contributed by atoms with van der Waals surface area (Å²) in [7, 11) is 0. The third kappa shape index (κ3) is 0.368. The standard InChI is InChI=1S/C6H7ClO/c7-6(8)5-3-1-4(5)2-3/h3-5H,1-2H2. The average Bonchev–Trinajstić information content (AvgIpc) is 1.14. The van der Waals surface area contributed by atoms with Crippen molar-refractivity contribution in [3.05, 3.63) is 0 Å². The fourth-order valence-electron chi connectivity index (χ4n) is 1.66. The largest absolute Gasteiger partial charge is 0.281 e. The van der Waals surface area contributed by atoms with E-state index in [4.69, 9.17) is 11.6 Å². The van der Waals surface area contributed by atoms with Gasteiger partial charge in [0.1, 0.15) is 0 Å². The molecule has 0 heterocycles. The molecule has 3 aliphatic rings. The van der Waals surface area contributed by atoms with E-state index in [2.05, 4.69) is 0 Å². The van der Waals surface area contributed by atoms with Gasteiger partial charge in [-0.1, -0.05) is 0 Å². The monoisotopic (exact) mass is 130 g/mol. The zero-order chi connectivity index (χ0) is 5.72. The summed E-state index contributed by atoms with van der Waals surface area (Å²) in [6.45, 7) is 0. The van der Waals surface area contributed by atoms with E-state index in [0.29, 0.717) is 11.8 Å². The smallest absolute Gasteiger partial charge is 0.225 e. The fraction of sp³-hybridized carbons (Fsp3) is 0.833. The van der Waals surface area contributed by atoms with Gasteiger partial charge >= 0.3 is 0 Å². The maximum Gasteiger partial charge on any atom is 0.225 e. The predicted molar refractivity (Wildman–Crippen MR) is 30.6 cm³/mol. The lowest BCUT2D eigenvalue weighted by Crippen LogP contribution is -2.52. The lowest BCUT2D eigenvalue weighted by molar-refractivity contribution is -0.141. The van der Waals surface area contributed by atoms with Crippen LogP contribution in [0.15, 0.2) is 0 Å². The van der Waals surface area contributed by atoms with Crippen LogP contribution < -0.4 is 0 Å². The molecule has 0 aromatic carbocycles. The molecule has 1 nitrogen and oxygen atoms in total. The minimum Gasteiger partial charge on any atom is -0.281 e. The van der Waals surface area contributed by atoms with Crippen molar-refractivity contribution in [2.24, 2.45) is 17.8 Å². The molecule has 0 aromatic rings. The number of carbonyl (C=O) groups excluding carboxylic acids is 1. The van der Waals surface area contributed by atoms with E-state index in [1.807, 2.05) is 0 Å². The molecule has 2 bridgehead atoms. The molecule has 0 spiro atoms. The highest BCUT2D eigenvalue weighted by atomic mass is 35.5. The van der Waals surface area contributed by atoms with Gasteiger partial charge in [0.15, 0.2) is 0 Å². The third-order valence-corrected chi connectivity index (χ3v) is 2.74. The highest BCUT2D eigenvalue weighted by Crippen LogP contribution is 2.59. The van der Waals surface area contributed by atoms with Gasteiger partial charge in [0, 0.05) is 5.92 Å². The second-order valence-corrected chi connectivity index (χ2v) is 3.19. The molecule has 44 valence electrons. The van der Waals surface area contributed by atoms with Crippen molar-refractivity contribution in [1.82, 2.24) is 0 Å². The van der Waals surface area contributed by atoms with Crippen molar-refractivity contribution in [2.75, 3.05) is 0 Å². The fourth-order valence-corrected chi connectivity index (χ4v) is 2.02. The van der Waals surface area contributed by atoms with Gasteiger partial charge in [-0.3, -0.25) is 4.79 Å². The molecule has 3 rings (SSSR count). The summed E-state index contributed by atoms with van der Waals surface area (Å²) in [4.78, 5) is 10.4. The number of rotatable bonds is 1. The average molecular weight is 131 g/mol. The van der Waals surface area contributed by atoms with Gasteiger partial charge in [-0.2, -0.15) is 0 Å². The van der Waals surface area contributed by atoms with Crippen molar-refractivity contribution in [3.8, 4) is 0 Å². The molecule has 8 heavy (non-hydrogen) atoms. The first-order valence-electron chi connectivity index (χ1n) is 2.98. The van der Waals surface area contributed by atoms with Crippen molar-refractivity contribution < 1.29 is 4.79 Å². The second-order valence-electron chi connectivity index (χ2n) is 2.82. The van der Waals surface area contributed by atoms with E-state index in [-0.39, 0.29) is 11.2 Å². The lowest BCUT2D eigenvalue weighted by atomic mass is 9.48. The van der Waals surface area contributed by atoms with Crippen LogP contribution in [0.25, 0.3) is 0 Å². The van der Waals surface area contributed by atoms with Gasteiger partial charge in [-0.05, 0) is 36.3 Å². The van der Waals surface area contributed by atoms with E-state index < -0.39 is 0 Å². The van der Waals surface area contributed by atoms with Crippen LogP contribution in [0.3, 0.4) is 0 Å². The maximum absolute atomic E-state index is 10.4. The van der Waals surface area contributed by atoms with Crippen LogP contribution >= 0.6 is 11.6 Å². The van der Waals surface area contributed by atoms with Crippen molar-refractivity contribution in [3.63, 3.8) is 0 Å². The molecule has 0 atom stereocenters. The number of hydrogen-bond donors (Lipinski definition) is 0. The van der Waals surface area contributed by atoms with Crippen LogP contribution in [0.2, 0.25) is 0 Å². The van der Waals surface area contributed by atoms with Crippen LogP contribution in [-0.2, 0) is 4.79 Å². The molecule has 0 radical (unpaired) electrons. The highest BCUT2D eigenvalue weighted by molar-refractivity contribution is 6.64. The minimum absolute atomic E-state index is 0.0995. The number of carbonyl (C=O) groups is 1. The van der Waals surface area contributed by atoms with Crippen LogP contribution in [0.4, 0.5) is 0 Å². The molecule has 0 unspecified atom stereocenters. The van der Waals surface area contributed by atoms with Crippen LogP contribution in [0, 0.1) is 17.8 Å². The summed E-state index contributed by atoms with van der Waals surface area (Å²) in [5.41, 5.74) is 0. The Balaban J connectivity index is 2.03. The van der Waals surface area contributed by atoms with Crippen LogP contribution in [0.5, 0.6) is 0 Å². The van der Waals surface area contributed by atoms with Gasteiger partial charge in [0.05, 0.1) is 0 Å². The Morgan fingerprint density at radius 2 is 1.88 bits per heavy atom. The van der Waals surface area contributed by atoms with E-state index in [9.17, 15) is 4.79 Å². The van der Waals surface area contributed by atoms with Gasteiger partial charge in [-0.15, -0.1) is 0 Å². The van der Waals surface area contributed by atoms with E-state index >= 15 is 0 Å². The normalized spacial score (nSPS) is 49.4. The SMILES string of the molecule is O=C(Cl)C1C2CC1C2. The van der Waals surface area contributed by atoms with Crippen molar-refractivity contribution in [1.29, 1.82) is 0 Å². The molecule has 0 aromatic heterocycles. The first kappa shape index (κ1) is 4.80. The van der Waals surface area contributed by atoms with Gasteiger partial charge in [-0.25, -0.2) is 0 Å². The van der Waals surface area contributed by atoms with Gasteiger partial charge in [0.25, 0.3) is 0 Å². The summed E-state index contributed by atoms with van der Waals surface area (Å²) < 4.78 is 0. The summed E-state index contributed by atoms with van der Waals surface area (Å²) in [6, 6.07) is 0. The molecule has 3 aliphatic carbocycles. The Kier molecular flexibility index (Phi) is 0.762. The summed E-state index contributed by atoms with van der Waals surface area (Å²) in [6.07, 6.45) is 2.53. The van der Waals surface area contributed by atoms with E-state index in [1.54, 1.807) is 0 Å². The zero-order valence-corrected chi connectivity index (χ0v) is 5.19. The quantitative estimate of drug-likeness (QED) is 0.491.